The van der Waals surface area contributed by atoms with Crippen LogP contribution in [0.5, 0.6) is 5.75 Å². The highest BCUT2D eigenvalue weighted by Crippen LogP contribution is 2.23. The molecule has 1 aliphatic heterocycles. The molecule has 2 N–H and O–H groups in total. The fourth-order valence-electron chi connectivity index (χ4n) is 2.69. The summed E-state index contributed by atoms with van der Waals surface area (Å²) in [6.07, 6.45) is -3.11. The minimum absolute atomic E-state index is 0.0990. The van der Waals surface area contributed by atoms with E-state index in [0.717, 1.165) is 12.1 Å². The molecular formula is C16H19F3N2O3. The molecule has 1 aliphatic rings. The number of likely N-dealkylation sites (tertiary alicyclic amines) is 1. The van der Waals surface area contributed by atoms with E-state index in [0.29, 0.717) is 38.0 Å². The molecule has 1 heterocycles. The van der Waals surface area contributed by atoms with Crippen molar-refractivity contribution in [3.8, 4) is 5.75 Å². The molecule has 0 bridgehead atoms. The van der Waals surface area contributed by atoms with Gasteiger partial charge in [0.05, 0.1) is 0 Å². The lowest BCUT2D eigenvalue weighted by Gasteiger charge is -2.30. The van der Waals surface area contributed by atoms with E-state index in [9.17, 15) is 22.8 Å². The van der Waals surface area contributed by atoms with E-state index in [1.54, 1.807) is 0 Å². The number of halogens is 3. The van der Waals surface area contributed by atoms with E-state index < -0.39 is 6.36 Å². The van der Waals surface area contributed by atoms with E-state index >= 15 is 0 Å². The maximum Gasteiger partial charge on any atom is 0.573 e. The van der Waals surface area contributed by atoms with E-state index in [4.69, 9.17) is 5.73 Å². The van der Waals surface area contributed by atoms with Crippen LogP contribution in [0.25, 0.3) is 0 Å². The van der Waals surface area contributed by atoms with Crippen molar-refractivity contribution >= 4 is 11.7 Å². The first kappa shape index (κ1) is 18.3. The number of primary amides is 1. The van der Waals surface area contributed by atoms with Gasteiger partial charge in [-0.3, -0.25) is 9.59 Å². The lowest BCUT2D eigenvalue weighted by molar-refractivity contribution is -0.274. The lowest BCUT2D eigenvalue weighted by Crippen LogP contribution is -2.39. The van der Waals surface area contributed by atoms with Crippen LogP contribution in [0.2, 0.25) is 0 Å². The summed E-state index contributed by atoms with van der Waals surface area (Å²) in [5, 5.41) is 0. The second-order valence-electron chi connectivity index (χ2n) is 5.76. The average Bonchev–Trinajstić information content (AvgIpc) is 2.52. The smallest absolute Gasteiger partial charge is 0.406 e. The summed E-state index contributed by atoms with van der Waals surface area (Å²) < 4.78 is 40.0. The molecule has 1 fully saturated rings. The number of nitrogens with two attached hydrogens (primary N) is 1. The fraction of sp³-hybridized carbons (Fsp3) is 0.500. The number of carbonyl (C=O) groups excluding carboxylic acids is 2. The number of nitrogens with zero attached hydrogens (tertiary/aromatic N) is 1. The Morgan fingerprint density at radius 1 is 1.17 bits per heavy atom. The predicted molar refractivity (Wildman–Crippen MR) is 80.4 cm³/mol. The van der Waals surface area contributed by atoms with E-state index in [1.165, 1.54) is 12.1 Å². The quantitative estimate of drug-likeness (QED) is 0.804. The lowest BCUT2D eigenvalue weighted by atomic mass is 9.96. The molecule has 0 aromatic heterocycles. The largest absolute Gasteiger partial charge is 0.573 e. The average molecular weight is 344 g/mol. The van der Waals surface area contributed by atoms with Gasteiger partial charge in [-0.15, -0.1) is 13.2 Å². The Bertz CT molecular complexity index is 579. The summed E-state index contributed by atoms with van der Waals surface area (Å²) >= 11 is 0. The summed E-state index contributed by atoms with van der Waals surface area (Å²) in [5.41, 5.74) is 5.61. The number of ketones is 1. The predicted octanol–water partition coefficient (Wildman–Crippen LogP) is 2.36. The van der Waals surface area contributed by atoms with Gasteiger partial charge in [0.1, 0.15) is 5.75 Å². The van der Waals surface area contributed by atoms with Crippen LogP contribution in [0.4, 0.5) is 13.2 Å². The van der Waals surface area contributed by atoms with Gasteiger partial charge in [0, 0.05) is 24.4 Å². The van der Waals surface area contributed by atoms with Gasteiger partial charge in [-0.25, -0.2) is 0 Å². The second-order valence-corrected chi connectivity index (χ2v) is 5.76. The van der Waals surface area contributed by atoms with E-state index in [-0.39, 0.29) is 29.8 Å². The Morgan fingerprint density at radius 2 is 1.75 bits per heavy atom. The number of carbonyl (C=O) groups is 2. The zero-order valence-electron chi connectivity index (χ0n) is 13.0. The number of alkyl halides is 3. The number of benzene rings is 1. The van der Waals surface area contributed by atoms with Crippen LogP contribution in [0.3, 0.4) is 0 Å². The molecule has 2 rings (SSSR count). The van der Waals surface area contributed by atoms with Crippen molar-refractivity contribution in [2.45, 2.75) is 25.6 Å². The van der Waals surface area contributed by atoms with Crippen molar-refractivity contribution in [1.82, 2.24) is 4.90 Å². The Balaban J connectivity index is 1.80. The zero-order valence-corrected chi connectivity index (χ0v) is 13.0. The zero-order chi connectivity index (χ0) is 17.7. The monoisotopic (exact) mass is 344 g/mol. The van der Waals surface area contributed by atoms with Crippen molar-refractivity contribution in [1.29, 1.82) is 0 Å². The standard InChI is InChI=1S/C16H19F3N2O3/c17-16(18,19)24-13-3-1-11(2-4-13)14(22)7-10-21-8-5-12(6-9-21)15(20)23/h1-4,12H,5-10H2,(H2,20,23). The van der Waals surface area contributed by atoms with Crippen molar-refractivity contribution in [3.63, 3.8) is 0 Å². The fourth-order valence-corrected chi connectivity index (χ4v) is 2.69. The number of Topliss-reactive ketones (excluding diaryl/α,β-unsaturated/α-hetero) is 1. The van der Waals surface area contributed by atoms with Crippen LogP contribution in [0, 0.1) is 5.92 Å². The van der Waals surface area contributed by atoms with Crippen LogP contribution >= 0.6 is 0 Å². The molecule has 8 heteroatoms. The molecule has 0 radical (unpaired) electrons. The number of piperidine rings is 1. The maximum atomic E-state index is 12.1. The molecule has 1 aromatic carbocycles. The van der Waals surface area contributed by atoms with Crippen molar-refractivity contribution in [2.75, 3.05) is 19.6 Å². The first-order chi connectivity index (χ1) is 11.2. The van der Waals surface area contributed by atoms with Crippen molar-refractivity contribution in [3.05, 3.63) is 29.8 Å². The number of amides is 1. The number of ether oxygens (including phenoxy) is 1. The molecular weight excluding hydrogens is 325 g/mol. The Morgan fingerprint density at radius 3 is 2.25 bits per heavy atom. The molecule has 1 saturated heterocycles. The minimum Gasteiger partial charge on any atom is -0.406 e. The SMILES string of the molecule is NC(=O)C1CCN(CCC(=O)c2ccc(OC(F)(F)F)cc2)CC1. The third-order valence-corrected chi connectivity index (χ3v) is 4.05. The highest BCUT2D eigenvalue weighted by atomic mass is 19.4. The van der Waals surface area contributed by atoms with Crippen molar-refractivity contribution < 1.29 is 27.5 Å². The third-order valence-electron chi connectivity index (χ3n) is 4.05. The highest BCUT2D eigenvalue weighted by Gasteiger charge is 2.31. The normalized spacial score (nSPS) is 16.8. The Hall–Kier alpha value is -2.09. The van der Waals surface area contributed by atoms with Gasteiger partial charge in [0.2, 0.25) is 5.91 Å². The second kappa shape index (κ2) is 7.65. The first-order valence-corrected chi connectivity index (χ1v) is 7.65. The van der Waals surface area contributed by atoms with Crippen LogP contribution < -0.4 is 10.5 Å². The van der Waals surface area contributed by atoms with Gasteiger partial charge in [-0.05, 0) is 50.2 Å². The summed E-state index contributed by atoms with van der Waals surface area (Å²) in [4.78, 5) is 25.3. The molecule has 0 saturated carbocycles. The Kier molecular flexibility index (Phi) is 5.82. The summed E-state index contributed by atoms with van der Waals surface area (Å²) in [7, 11) is 0. The van der Waals surface area contributed by atoms with Gasteiger partial charge in [-0.1, -0.05) is 0 Å². The van der Waals surface area contributed by atoms with Gasteiger partial charge >= 0.3 is 6.36 Å². The van der Waals surface area contributed by atoms with Crippen LogP contribution in [-0.2, 0) is 4.79 Å². The van der Waals surface area contributed by atoms with Gasteiger partial charge in [-0.2, -0.15) is 0 Å². The Labute approximate surface area is 137 Å². The minimum atomic E-state index is -4.75. The molecule has 0 spiro atoms. The molecule has 0 unspecified atom stereocenters. The number of hydrogen-bond donors (Lipinski definition) is 1. The molecule has 1 aromatic rings. The molecule has 0 atom stereocenters. The van der Waals surface area contributed by atoms with E-state index in [1.807, 2.05) is 0 Å². The van der Waals surface area contributed by atoms with Gasteiger partial charge in [0.15, 0.2) is 5.78 Å². The number of hydrogen-bond acceptors (Lipinski definition) is 4. The summed E-state index contributed by atoms with van der Waals surface area (Å²) in [5.74, 6) is -0.886. The van der Waals surface area contributed by atoms with E-state index in [2.05, 4.69) is 9.64 Å². The molecule has 24 heavy (non-hydrogen) atoms. The van der Waals surface area contributed by atoms with Crippen LogP contribution in [-0.4, -0.2) is 42.6 Å². The molecule has 5 nitrogen and oxygen atoms in total. The summed E-state index contributed by atoms with van der Waals surface area (Å²) in [6, 6.07) is 4.89. The van der Waals surface area contributed by atoms with Crippen LogP contribution in [0.1, 0.15) is 29.6 Å². The first-order valence-electron chi connectivity index (χ1n) is 7.65. The number of rotatable bonds is 6. The van der Waals surface area contributed by atoms with Gasteiger partial charge < -0.3 is 15.4 Å². The molecule has 132 valence electrons. The molecule has 1 amide bonds. The summed E-state index contributed by atoms with van der Waals surface area (Å²) in [6.45, 7) is 1.96. The van der Waals surface area contributed by atoms with Gasteiger partial charge in [0.25, 0.3) is 0 Å². The van der Waals surface area contributed by atoms with Crippen molar-refractivity contribution in [2.24, 2.45) is 11.7 Å². The third kappa shape index (κ3) is 5.52. The van der Waals surface area contributed by atoms with Crippen LogP contribution in [0.15, 0.2) is 24.3 Å². The molecule has 0 aliphatic carbocycles. The maximum absolute atomic E-state index is 12.1. The highest BCUT2D eigenvalue weighted by molar-refractivity contribution is 5.96. The topological polar surface area (TPSA) is 72.6 Å².